The lowest BCUT2D eigenvalue weighted by Crippen LogP contribution is -2.18. The van der Waals surface area contributed by atoms with Gasteiger partial charge in [0.15, 0.2) is 0 Å². The van der Waals surface area contributed by atoms with Crippen LogP contribution in [0.4, 0.5) is 0 Å². The molecule has 0 saturated heterocycles. The number of halogens is 1. The second-order valence-corrected chi connectivity index (χ2v) is 6.34. The van der Waals surface area contributed by atoms with E-state index in [0.717, 1.165) is 46.6 Å². The van der Waals surface area contributed by atoms with E-state index in [1.165, 1.54) is 0 Å². The second-order valence-electron chi connectivity index (χ2n) is 5.96. The molecular formula is C16H24ClN3O. The predicted molar refractivity (Wildman–Crippen MR) is 85.8 cm³/mol. The van der Waals surface area contributed by atoms with Gasteiger partial charge in [0.2, 0.25) is 0 Å². The van der Waals surface area contributed by atoms with E-state index in [0.29, 0.717) is 12.5 Å². The number of nitrogens with zero attached hydrogens (tertiary/aromatic N) is 2. The van der Waals surface area contributed by atoms with Gasteiger partial charge in [0, 0.05) is 5.56 Å². The Hall–Kier alpha value is -1.26. The Morgan fingerprint density at radius 1 is 1.33 bits per heavy atom. The molecule has 0 unspecified atom stereocenters. The summed E-state index contributed by atoms with van der Waals surface area (Å²) in [7, 11) is 0. The Kier molecular flexibility index (Phi) is 5.12. The van der Waals surface area contributed by atoms with Crippen LogP contribution in [0, 0.1) is 26.7 Å². The van der Waals surface area contributed by atoms with Crippen molar-refractivity contribution < 1.29 is 4.42 Å². The predicted octanol–water partition coefficient (Wildman–Crippen LogP) is 3.85. The summed E-state index contributed by atoms with van der Waals surface area (Å²) in [6.07, 6.45) is 0. The molecule has 0 saturated carbocycles. The zero-order valence-electron chi connectivity index (χ0n) is 13.5. The summed E-state index contributed by atoms with van der Waals surface area (Å²) in [6, 6.07) is 2.10. The first kappa shape index (κ1) is 16.1. The number of nitrogens with one attached hydrogen (secondary N) is 1. The fraction of sp³-hybridized carbons (Fsp3) is 0.562. The Morgan fingerprint density at radius 2 is 2.05 bits per heavy atom. The van der Waals surface area contributed by atoms with Gasteiger partial charge in [-0.2, -0.15) is 5.10 Å². The molecule has 2 rings (SSSR count). The highest BCUT2D eigenvalue weighted by atomic mass is 35.5. The van der Waals surface area contributed by atoms with Crippen molar-refractivity contribution in [3.8, 4) is 0 Å². The molecule has 0 aliphatic carbocycles. The number of hydrogen-bond donors (Lipinski definition) is 1. The van der Waals surface area contributed by atoms with Crippen LogP contribution in [0.25, 0.3) is 0 Å². The SMILES string of the molecule is Cc1nn(Cc2cc(CNCC(C)C)oc2C)c(C)c1Cl. The first-order valence-electron chi connectivity index (χ1n) is 7.37. The topological polar surface area (TPSA) is 43.0 Å². The number of aryl methyl sites for hydroxylation is 2. The highest BCUT2D eigenvalue weighted by molar-refractivity contribution is 6.31. The first-order valence-corrected chi connectivity index (χ1v) is 7.74. The zero-order valence-corrected chi connectivity index (χ0v) is 14.2. The molecule has 0 aromatic carbocycles. The maximum absolute atomic E-state index is 6.19. The monoisotopic (exact) mass is 309 g/mol. The Bertz CT molecular complexity index is 613. The van der Waals surface area contributed by atoms with E-state index >= 15 is 0 Å². The van der Waals surface area contributed by atoms with E-state index in [2.05, 4.69) is 30.3 Å². The number of rotatable bonds is 6. The van der Waals surface area contributed by atoms with Gasteiger partial charge in [-0.15, -0.1) is 0 Å². The molecule has 0 amide bonds. The minimum Gasteiger partial charge on any atom is -0.465 e. The minimum absolute atomic E-state index is 0.636. The fourth-order valence-corrected chi connectivity index (χ4v) is 2.44. The molecule has 0 bridgehead atoms. The summed E-state index contributed by atoms with van der Waals surface area (Å²) in [5.74, 6) is 2.55. The molecule has 0 aliphatic rings. The maximum Gasteiger partial charge on any atom is 0.118 e. The lowest BCUT2D eigenvalue weighted by Gasteiger charge is -2.04. The first-order chi connectivity index (χ1) is 9.88. The summed E-state index contributed by atoms with van der Waals surface area (Å²) >= 11 is 6.19. The van der Waals surface area contributed by atoms with E-state index in [4.69, 9.17) is 16.0 Å². The van der Waals surface area contributed by atoms with E-state index in [1.807, 2.05) is 25.5 Å². The quantitative estimate of drug-likeness (QED) is 0.881. The standard InChI is InChI=1S/C16H24ClN3O/c1-10(2)7-18-8-15-6-14(13(5)21-15)9-20-12(4)16(17)11(3)19-20/h6,10,18H,7-9H2,1-5H3. The van der Waals surface area contributed by atoms with Crippen molar-refractivity contribution in [2.24, 2.45) is 5.92 Å². The van der Waals surface area contributed by atoms with Crippen LogP contribution in [0.15, 0.2) is 10.5 Å². The third kappa shape index (κ3) is 3.89. The van der Waals surface area contributed by atoms with E-state index < -0.39 is 0 Å². The molecule has 1 N–H and O–H groups in total. The molecular weight excluding hydrogens is 286 g/mol. The highest BCUT2D eigenvalue weighted by Gasteiger charge is 2.13. The van der Waals surface area contributed by atoms with Crippen molar-refractivity contribution in [3.05, 3.63) is 39.6 Å². The Labute approximate surface area is 131 Å². The van der Waals surface area contributed by atoms with Gasteiger partial charge in [-0.25, -0.2) is 0 Å². The van der Waals surface area contributed by atoms with Gasteiger partial charge < -0.3 is 9.73 Å². The van der Waals surface area contributed by atoms with Crippen molar-refractivity contribution in [1.82, 2.24) is 15.1 Å². The summed E-state index contributed by atoms with van der Waals surface area (Å²) in [5.41, 5.74) is 3.02. The molecule has 0 spiro atoms. The fourth-order valence-electron chi connectivity index (χ4n) is 2.31. The summed E-state index contributed by atoms with van der Waals surface area (Å²) in [5, 5.41) is 8.61. The third-order valence-corrected chi connectivity index (χ3v) is 4.08. The Balaban J connectivity index is 2.07. The van der Waals surface area contributed by atoms with Crippen LogP contribution < -0.4 is 5.32 Å². The molecule has 21 heavy (non-hydrogen) atoms. The summed E-state index contributed by atoms with van der Waals surface area (Å²) < 4.78 is 7.74. The van der Waals surface area contributed by atoms with E-state index in [9.17, 15) is 0 Å². The van der Waals surface area contributed by atoms with Gasteiger partial charge >= 0.3 is 0 Å². The molecule has 2 aromatic rings. The Morgan fingerprint density at radius 3 is 2.62 bits per heavy atom. The van der Waals surface area contributed by atoms with Crippen LogP contribution in [-0.2, 0) is 13.1 Å². The lowest BCUT2D eigenvalue weighted by atomic mass is 10.2. The maximum atomic E-state index is 6.19. The molecule has 0 fully saturated rings. The van der Waals surface area contributed by atoms with Crippen LogP contribution in [-0.4, -0.2) is 16.3 Å². The van der Waals surface area contributed by atoms with Crippen molar-refractivity contribution in [1.29, 1.82) is 0 Å². The molecule has 2 aromatic heterocycles. The van der Waals surface area contributed by atoms with E-state index in [-0.39, 0.29) is 0 Å². The minimum atomic E-state index is 0.636. The smallest absolute Gasteiger partial charge is 0.118 e. The molecule has 0 radical (unpaired) electrons. The number of aromatic nitrogens is 2. The normalized spacial score (nSPS) is 11.6. The third-order valence-electron chi connectivity index (χ3n) is 3.54. The highest BCUT2D eigenvalue weighted by Crippen LogP contribution is 2.22. The van der Waals surface area contributed by atoms with Gasteiger partial charge in [-0.3, -0.25) is 4.68 Å². The van der Waals surface area contributed by atoms with E-state index in [1.54, 1.807) is 0 Å². The largest absolute Gasteiger partial charge is 0.465 e. The second kappa shape index (κ2) is 6.67. The van der Waals surface area contributed by atoms with Crippen molar-refractivity contribution >= 4 is 11.6 Å². The van der Waals surface area contributed by atoms with Crippen molar-refractivity contribution in [2.75, 3.05) is 6.54 Å². The summed E-state index contributed by atoms with van der Waals surface area (Å²) in [6.45, 7) is 12.7. The number of furan rings is 1. The van der Waals surface area contributed by atoms with Crippen LogP contribution in [0.2, 0.25) is 5.02 Å². The molecule has 116 valence electrons. The van der Waals surface area contributed by atoms with Gasteiger partial charge in [0.1, 0.15) is 11.5 Å². The number of hydrogen-bond acceptors (Lipinski definition) is 3. The molecule has 5 heteroatoms. The average Bonchev–Trinajstić information content (AvgIpc) is 2.86. The molecule has 4 nitrogen and oxygen atoms in total. The van der Waals surface area contributed by atoms with Crippen LogP contribution >= 0.6 is 11.6 Å². The van der Waals surface area contributed by atoms with Gasteiger partial charge in [-0.05, 0) is 39.3 Å². The van der Waals surface area contributed by atoms with Crippen LogP contribution in [0.1, 0.15) is 42.3 Å². The van der Waals surface area contributed by atoms with Gasteiger partial charge in [0.05, 0.1) is 29.5 Å². The molecule has 0 aliphatic heterocycles. The molecule has 2 heterocycles. The van der Waals surface area contributed by atoms with Crippen LogP contribution in [0.5, 0.6) is 0 Å². The van der Waals surface area contributed by atoms with Crippen molar-refractivity contribution in [2.45, 2.75) is 47.7 Å². The molecule has 0 atom stereocenters. The summed E-state index contributed by atoms with van der Waals surface area (Å²) in [4.78, 5) is 0. The van der Waals surface area contributed by atoms with Gasteiger partial charge in [0.25, 0.3) is 0 Å². The van der Waals surface area contributed by atoms with Crippen molar-refractivity contribution in [3.63, 3.8) is 0 Å². The van der Waals surface area contributed by atoms with Crippen LogP contribution in [0.3, 0.4) is 0 Å². The average molecular weight is 310 g/mol. The lowest BCUT2D eigenvalue weighted by molar-refractivity contribution is 0.446. The zero-order chi connectivity index (χ0) is 15.6. The van der Waals surface area contributed by atoms with Gasteiger partial charge in [-0.1, -0.05) is 25.4 Å².